The van der Waals surface area contributed by atoms with Gasteiger partial charge in [-0.1, -0.05) is 13.3 Å². The summed E-state index contributed by atoms with van der Waals surface area (Å²) in [6, 6.07) is 2.27. The van der Waals surface area contributed by atoms with Gasteiger partial charge in [0, 0.05) is 0 Å². The first-order chi connectivity index (χ1) is 9.26. The van der Waals surface area contributed by atoms with Crippen LogP contribution in [0.4, 0.5) is 13.2 Å². The van der Waals surface area contributed by atoms with Gasteiger partial charge in [0.15, 0.2) is 0 Å². The number of nitrogens with zero attached hydrogens (tertiary/aromatic N) is 1. The molecule has 0 radical (unpaired) electrons. The summed E-state index contributed by atoms with van der Waals surface area (Å²) in [6.07, 6.45) is -0.978. The Bertz CT molecular complexity index is 393. The van der Waals surface area contributed by atoms with Crippen LogP contribution in [-0.4, -0.2) is 16.9 Å². The fourth-order valence-corrected chi connectivity index (χ4v) is 4.03. The number of aliphatic hydroxyl groups is 1. The highest BCUT2D eigenvalue weighted by Crippen LogP contribution is 2.56. The highest BCUT2D eigenvalue weighted by molar-refractivity contribution is 5.15. The third-order valence-corrected chi connectivity index (χ3v) is 5.57. The number of nitriles is 1. The van der Waals surface area contributed by atoms with Crippen LogP contribution in [0.15, 0.2) is 0 Å². The first-order valence-corrected chi connectivity index (χ1v) is 7.47. The van der Waals surface area contributed by atoms with Crippen molar-refractivity contribution in [1.82, 2.24) is 0 Å². The second-order valence-corrected chi connectivity index (χ2v) is 6.56. The van der Waals surface area contributed by atoms with Crippen LogP contribution in [0, 0.1) is 28.6 Å². The second kappa shape index (κ2) is 5.22. The fraction of sp³-hybridized carbons (Fsp3) is 0.933. The summed E-state index contributed by atoms with van der Waals surface area (Å²) in [7, 11) is 0. The minimum absolute atomic E-state index is 0.0553. The molecule has 20 heavy (non-hydrogen) atoms. The lowest BCUT2D eigenvalue weighted by atomic mass is 9.62. The number of hydrogen-bond acceptors (Lipinski definition) is 2. The van der Waals surface area contributed by atoms with Gasteiger partial charge in [-0.3, -0.25) is 0 Å². The molecule has 5 heteroatoms. The van der Waals surface area contributed by atoms with Crippen molar-refractivity contribution in [2.75, 3.05) is 0 Å². The number of halogens is 3. The molecule has 0 aromatic heterocycles. The van der Waals surface area contributed by atoms with Crippen molar-refractivity contribution in [1.29, 1.82) is 5.26 Å². The Balaban J connectivity index is 2.11. The van der Waals surface area contributed by atoms with Gasteiger partial charge >= 0.3 is 6.18 Å². The third kappa shape index (κ3) is 2.55. The Labute approximate surface area is 118 Å². The molecule has 0 aliphatic heterocycles. The van der Waals surface area contributed by atoms with E-state index in [-0.39, 0.29) is 25.7 Å². The van der Waals surface area contributed by atoms with Gasteiger partial charge in [0.05, 0.1) is 23.0 Å². The minimum Gasteiger partial charge on any atom is -0.388 e. The topological polar surface area (TPSA) is 44.0 Å². The highest BCUT2D eigenvalue weighted by atomic mass is 19.4. The molecule has 0 heterocycles. The van der Waals surface area contributed by atoms with Crippen molar-refractivity contribution < 1.29 is 18.3 Å². The van der Waals surface area contributed by atoms with Crippen molar-refractivity contribution in [2.24, 2.45) is 17.3 Å². The maximum atomic E-state index is 12.7. The van der Waals surface area contributed by atoms with Gasteiger partial charge in [-0.15, -0.1) is 0 Å². The number of hydrogen-bond donors (Lipinski definition) is 1. The monoisotopic (exact) mass is 289 g/mol. The molecule has 0 aromatic carbocycles. The lowest BCUT2D eigenvalue weighted by molar-refractivity contribution is -0.200. The molecular formula is C15H22F3NO. The van der Waals surface area contributed by atoms with Crippen molar-refractivity contribution in [3.05, 3.63) is 0 Å². The Kier molecular flexibility index (Phi) is 4.07. The molecule has 2 saturated carbocycles. The van der Waals surface area contributed by atoms with E-state index in [0.717, 1.165) is 12.8 Å². The van der Waals surface area contributed by atoms with E-state index >= 15 is 0 Å². The van der Waals surface area contributed by atoms with Crippen LogP contribution in [0.2, 0.25) is 0 Å². The van der Waals surface area contributed by atoms with E-state index in [4.69, 9.17) is 0 Å². The Morgan fingerprint density at radius 1 is 1.20 bits per heavy atom. The molecule has 2 unspecified atom stereocenters. The Hall–Kier alpha value is -0.760. The maximum Gasteiger partial charge on any atom is 0.391 e. The standard InChI is InChI=1S/C15H22F3NO/c1-2-11-3-6-13(9-11,10-19)14(20)7-4-12(5-8-14)15(16,17)18/h11-12,20H,2-9H2,1H3. The lowest BCUT2D eigenvalue weighted by Crippen LogP contribution is -2.50. The van der Waals surface area contributed by atoms with E-state index in [2.05, 4.69) is 13.0 Å². The molecule has 2 fully saturated rings. The molecule has 1 N–H and O–H groups in total. The van der Waals surface area contributed by atoms with Crippen LogP contribution < -0.4 is 0 Å². The third-order valence-electron chi connectivity index (χ3n) is 5.57. The van der Waals surface area contributed by atoms with Gasteiger partial charge in [0.1, 0.15) is 0 Å². The van der Waals surface area contributed by atoms with Crippen LogP contribution in [0.3, 0.4) is 0 Å². The maximum absolute atomic E-state index is 12.7. The van der Waals surface area contributed by atoms with E-state index in [1.807, 2.05) is 0 Å². The molecule has 0 spiro atoms. The molecule has 0 saturated heterocycles. The second-order valence-electron chi connectivity index (χ2n) is 6.56. The van der Waals surface area contributed by atoms with Gasteiger partial charge in [-0.2, -0.15) is 18.4 Å². The van der Waals surface area contributed by atoms with E-state index in [1.165, 1.54) is 0 Å². The smallest absolute Gasteiger partial charge is 0.388 e. The van der Waals surface area contributed by atoms with E-state index in [0.29, 0.717) is 18.8 Å². The Morgan fingerprint density at radius 2 is 1.80 bits per heavy atom. The van der Waals surface area contributed by atoms with E-state index in [9.17, 15) is 23.5 Å². The normalized spacial score (nSPS) is 42.4. The predicted molar refractivity (Wildman–Crippen MR) is 68.6 cm³/mol. The number of rotatable bonds is 2. The van der Waals surface area contributed by atoms with Crippen LogP contribution >= 0.6 is 0 Å². The van der Waals surface area contributed by atoms with Crippen molar-refractivity contribution in [3.63, 3.8) is 0 Å². The van der Waals surface area contributed by atoms with Crippen LogP contribution in [-0.2, 0) is 0 Å². The zero-order chi connectivity index (χ0) is 15.0. The molecule has 0 bridgehead atoms. The molecule has 114 valence electrons. The number of alkyl halides is 3. The predicted octanol–water partition coefficient (Wildman–Crippen LogP) is 4.19. The zero-order valence-corrected chi connectivity index (χ0v) is 11.8. The average molecular weight is 289 g/mol. The summed E-state index contributed by atoms with van der Waals surface area (Å²) in [5.74, 6) is -0.902. The quantitative estimate of drug-likeness (QED) is 0.828. The lowest BCUT2D eigenvalue weighted by Gasteiger charge is -2.45. The van der Waals surface area contributed by atoms with E-state index in [1.54, 1.807) is 0 Å². The average Bonchev–Trinajstić information content (AvgIpc) is 2.83. The SMILES string of the molecule is CCC1CCC(C#N)(C2(O)CCC(C(F)(F)F)CC2)C1. The van der Waals surface area contributed by atoms with Crippen LogP contribution in [0.1, 0.15) is 58.3 Å². The molecule has 0 amide bonds. The summed E-state index contributed by atoms with van der Waals surface area (Å²) in [5, 5.41) is 20.4. The first-order valence-electron chi connectivity index (χ1n) is 7.47. The van der Waals surface area contributed by atoms with Crippen molar-refractivity contribution in [3.8, 4) is 6.07 Å². The molecule has 2 rings (SSSR count). The van der Waals surface area contributed by atoms with Gasteiger partial charge in [0.25, 0.3) is 0 Å². The molecule has 2 aliphatic carbocycles. The molecule has 0 aromatic rings. The molecule has 2 nitrogen and oxygen atoms in total. The van der Waals surface area contributed by atoms with E-state index < -0.39 is 23.1 Å². The summed E-state index contributed by atoms with van der Waals surface area (Å²) >= 11 is 0. The summed E-state index contributed by atoms with van der Waals surface area (Å²) < 4.78 is 38.2. The first kappa shape index (κ1) is 15.6. The zero-order valence-electron chi connectivity index (χ0n) is 11.8. The molecular weight excluding hydrogens is 267 g/mol. The van der Waals surface area contributed by atoms with Gasteiger partial charge < -0.3 is 5.11 Å². The van der Waals surface area contributed by atoms with Crippen molar-refractivity contribution in [2.45, 2.75) is 70.1 Å². The summed E-state index contributed by atoms with van der Waals surface area (Å²) in [6.45, 7) is 2.06. The van der Waals surface area contributed by atoms with Gasteiger partial charge in [-0.25, -0.2) is 0 Å². The largest absolute Gasteiger partial charge is 0.391 e. The molecule has 2 aliphatic rings. The Morgan fingerprint density at radius 3 is 2.20 bits per heavy atom. The van der Waals surface area contributed by atoms with Crippen LogP contribution in [0.5, 0.6) is 0 Å². The minimum atomic E-state index is -4.18. The van der Waals surface area contributed by atoms with Gasteiger partial charge in [-0.05, 0) is 50.9 Å². The summed E-state index contributed by atoms with van der Waals surface area (Å²) in [4.78, 5) is 0. The van der Waals surface area contributed by atoms with Crippen molar-refractivity contribution >= 4 is 0 Å². The highest BCUT2D eigenvalue weighted by Gasteiger charge is 2.57. The fourth-order valence-electron chi connectivity index (χ4n) is 4.03. The molecule has 2 atom stereocenters. The van der Waals surface area contributed by atoms with Gasteiger partial charge in [0.2, 0.25) is 0 Å². The van der Waals surface area contributed by atoms with Crippen LogP contribution in [0.25, 0.3) is 0 Å². The summed E-state index contributed by atoms with van der Waals surface area (Å²) in [5.41, 5.74) is -2.06.